The Labute approximate surface area is 168 Å². The van der Waals surface area contributed by atoms with Crippen LogP contribution in [0.5, 0.6) is 0 Å². The summed E-state index contributed by atoms with van der Waals surface area (Å²) >= 11 is 3.35. The highest BCUT2D eigenvalue weighted by molar-refractivity contribution is 9.10. The third-order valence-electron chi connectivity index (χ3n) is 4.62. The van der Waals surface area contributed by atoms with Crippen LogP contribution in [-0.4, -0.2) is 47.0 Å². The lowest BCUT2D eigenvalue weighted by Gasteiger charge is -2.30. The van der Waals surface area contributed by atoms with Crippen molar-refractivity contribution in [1.29, 1.82) is 0 Å². The van der Waals surface area contributed by atoms with E-state index in [9.17, 15) is 4.79 Å². The van der Waals surface area contributed by atoms with Crippen LogP contribution in [0.4, 0.5) is 11.8 Å². The van der Waals surface area contributed by atoms with Gasteiger partial charge in [-0.2, -0.15) is 4.98 Å². The molecule has 7 nitrogen and oxygen atoms in total. The first-order valence-electron chi connectivity index (χ1n) is 9.11. The summed E-state index contributed by atoms with van der Waals surface area (Å²) in [5, 5.41) is 6.64. The first-order valence-corrected chi connectivity index (χ1v) is 9.91. The average molecular weight is 433 g/mol. The lowest BCUT2D eigenvalue weighted by atomic mass is 9.91. The molecular weight excluding hydrogens is 408 g/mol. The molecule has 1 aliphatic carbocycles. The molecular formula is C19H25BrN6O. The van der Waals surface area contributed by atoms with Gasteiger partial charge in [-0.25, -0.2) is 4.98 Å². The van der Waals surface area contributed by atoms with Crippen LogP contribution >= 0.6 is 15.9 Å². The van der Waals surface area contributed by atoms with E-state index in [1.807, 2.05) is 32.0 Å². The third kappa shape index (κ3) is 5.38. The minimum Gasteiger partial charge on any atom is -0.367 e. The lowest BCUT2D eigenvalue weighted by Crippen LogP contribution is -2.40. The van der Waals surface area contributed by atoms with Crippen molar-refractivity contribution in [1.82, 2.24) is 20.3 Å². The van der Waals surface area contributed by atoms with Gasteiger partial charge in [0.15, 0.2) is 0 Å². The maximum atomic E-state index is 12.4. The molecule has 1 saturated carbocycles. The van der Waals surface area contributed by atoms with Crippen molar-refractivity contribution >= 4 is 33.6 Å². The summed E-state index contributed by atoms with van der Waals surface area (Å²) in [6.07, 6.45) is 7.12. The molecule has 1 fully saturated rings. The number of aromatic nitrogens is 3. The van der Waals surface area contributed by atoms with E-state index in [1.54, 1.807) is 18.5 Å². The molecule has 0 aliphatic heterocycles. The van der Waals surface area contributed by atoms with E-state index < -0.39 is 0 Å². The fraction of sp³-hybridized carbons (Fsp3) is 0.474. The monoisotopic (exact) mass is 432 g/mol. The van der Waals surface area contributed by atoms with Gasteiger partial charge in [0.1, 0.15) is 5.82 Å². The van der Waals surface area contributed by atoms with E-state index in [1.165, 1.54) is 0 Å². The van der Waals surface area contributed by atoms with E-state index in [-0.39, 0.29) is 11.9 Å². The van der Waals surface area contributed by atoms with Gasteiger partial charge >= 0.3 is 0 Å². The van der Waals surface area contributed by atoms with Crippen molar-refractivity contribution in [2.45, 2.75) is 44.7 Å². The number of pyridine rings is 1. The van der Waals surface area contributed by atoms with Crippen LogP contribution in [0.3, 0.4) is 0 Å². The van der Waals surface area contributed by atoms with Crippen LogP contribution in [0.25, 0.3) is 0 Å². The first kappa shape index (κ1) is 19.5. The topological polar surface area (TPSA) is 83.0 Å². The molecule has 0 unspecified atom stereocenters. The predicted octanol–water partition coefficient (Wildman–Crippen LogP) is 3.16. The number of carbonyl (C=O) groups is 1. The Hall–Kier alpha value is -2.22. The highest BCUT2D eigenvalue weighted by Gasteiger charge is 2.23. The molecule has 2 N–H and O–H groups in total. The summed E-state index contributed by atoms with van der Waals surface area (Å²) < 4.78 is 0.806. The number of halogens is 1. The Bertz CT molecular complexity index is 805. The Morgan fingerprint density at radius 1 is 1.11 bits per heavy atom. The standard InChI is InChI=1S/C19H25BrN6O/c1-12-8-17(25-19(22-12)26(2)3)23-15-4-6-16(7-5-15)24-18(27)13-9-14(20)11-21-10-13/h8-11,15-16H,4-7H2,1-3H3,(H,24,27)(H,22,23,25)/t15-,16+. The van der Waals surface area contributed by atoms with Gasteiger partial charge in [0.05, 0.1) is 5.56 Å². The van der Waals surface area contributed by atoms with Crippen molar-refractivity contribution in [3.63, 3.8) is 0 Å². The third-order valence-corrected chi connectivity index (χ3v) is 5.06. The van der Waals surface area contributed by atoms with Crippen LogP contribution in [-0.2, 0) is 0 Å². The van der Waals surface area contributed by atoms with Crippen molar-refractivity contribution in [2.75, 3.05) is 24.3 Å². The fourth-order valence-corrected chi connectivity index (χ4v) is 3.59. The maximum Gasteiger partial charge on any atom is 0.253 e. The van der Waals surface area contributed by atoms with Gasteiger partial charge in [0.2, 0.25) is 5.95 Å². The molecule has 0 bridgehead atoms. The second-order valence-corrected chi connectivity index (χ2v) is 8.06. The highest BCUT2D eigenvalue weighted by Crippen LogP contribution is 2.23. The normalized spacial score (nSPS) is 19.4. The molecule has 0 aromatic carbocycles. The Kier molecular flexibility index (Phi) is 6.26. The second-order valence-electron chi connectivity index (χ2n) is 7.15. The maximum absolute atomic E-state index is 12.4. The van der Waals surface area contributed by atoms with Gasteiger partial charge in [-0.05, 0) is 54.6 Å². The van der Waals surface area contributed by atoms with Gasteiger partial charge in [-0.15, -0.1) is 0 Å². The molecule has 8 heteroatoms. The molecule has 0 radical (unpaired) electrons. The number of carbonyl (C=O) groups excluding carboxylic acids is 1. The van der Waals surface area contributed by atoms with Crippen LogP contribution in [0, 0.1) is 6.92 Å². The largest absolute Gasteiger partial charge is 0.367 e. The summed E-state index contributed by atoms with van der Waals surface area (Å²) in [5.74, 6) is 1.50. The number of rotatable bonds is 5. The van der Waals surface area contributed by atoms with Gasteiger partial charge in [0.25, 0.3) is 5.91 Å². The average Bonchev–Trinajstić information content (AvgIpc) is 2.63. The molecule has 1 aliphatic rings. The summed E-state index contributed by atoms with van der Waals surface area (Å²) in [4.78, 5) is 27.3. The predicted molar refractivity (Wildman–Crippen MR) is 110 cm³/mol. The summed E-state index contributed by atoms with van der Waals surface area (Å²) in [7, 11) is 3.88. The van der Waals surface area contributed by atoms with Crippen molar-refractivity contribution in [3.05, 3.63) is 40.3 Å². The molecule has 27 heavy (non-hydrogen) atoms. The van der Waals surface area contributed by atoms with Gasteiger partial charge in [0, 0.05) is 54.8 Å². The van der Waals surface area contributed by atoms with Gasteiger partial charge in [-0.3, -0.25) is 9.78 Å². The van der Waals surface area contributed by atoms with E-state index in [2.05, 4.69) is 41.5 Å². The lowest BCUT2D eigenvalue weighted by molar-refractivity contribution is 0.0926. The number of aryl methyl sites for hydroxylation is 1. The first-order chi connectivity index (χ1) is 12.9. The Morgan fingerprint density at radius 3 is 2.48 bits per heavy atom. The summed E-state index contributed by atoms with van der Waals surface area (Å²) in [6, 6.07) is 4.31. The van der Waals surface area contributed by atoms with Crippen LogP contribution in [0.1, 0.15) is 41.7 Å². The molecule has 0 saturated heterocycles. The number of anilines is 2. The molecule has 2 aromatic heterocycles. The minimum atomic E-state index is -0.0674. The molecule has 1 amide bonds. The number of amides is 1. The number of nitrogens with zero attached hydrogens (tertiary/aromatic N) is 4. The van der Waals surface area contributed by atoms with Gasteiger partial charge < -0.3 is 15.5 Å². The van der Waals surface area contributed by atoms with Crippen molar-refractivity contribution < 1.29 is 4.79 Å². The van der Waals surface area contributed by atoms with Crippen LogP contribution in [0.15, 0.2) is 29.0 Å². The van der Waals surface area contributed by atoms with E-state index >= 15 is 0 Å². The molecule has 2 heterocycles. The highest BCUT2D eigenvalue weighted by atomic mass is 79.9. The van der Waals surface area contributed by atoms with Gasteiger partial charge in [-0.1, -0.05) is 0 Å². The SMILES string of the molecule is Cc1cc(N[C@H]2CC[C@@H](NC(=O)c3cncc(Br)c3)CC2)nc(N(C)C)n1. The van der Waals surface area contributed by atoms with E-state index in [0.29, 0.717) is 17.6 Å². The molecule has 3 rings (SSSR count). The number of hydrogen-bond acceptors (Lipinski definition) is 6. The number of hydrogen-bond donors (Lipinski definition) is 2. The zero-order valence-corrected chi connectivity index (χ0v) is 17.5. The summed E-state index contributed by atoms with van der Waals surface area (Å²) in [6.45, 7) is 1.98. The smallest absolute Gasteiger partial charge is 0.253 e. The quantitative estimate of drug-likeness (QED) is 0.754. The van der Waals surface area contributed by atoms with Crippen LogP contribution in [0.2, 0.25) is 0 Å². The zero-order valence-electron chi connectivity index (χ0n) is 15.9. The molecule has 2 aromatic rings. The van der Waals surface area contributed by atoms with E-state index in [0.717, 1.165) is 41.7 Å². The molecule has 0 atom stereocenters. The van der Waals surface area contributed by atoms with Crippen molar-refractivity contribution in [3.8, 4) is 0 Å². The minimum absolute atomic E-state index is 0.0674. The Morgan fingerprint density at radius 2 is 1.81 bits per heavy atom. The summed E-state index contributed by atoms with van der Waals surface area (Å²) in [5.41, 5.74) is 1.53. The van der Waals surface area contributed by atoms with E-state index in [4.69, 9.17) is 0 Å². The van der Waals surface area contributed by atoms with Crippen LogP contribution < -0.4 is 15.5 Å². The zero-order chi connectivity index (χ0) is 19.4. The van der Waals surface area contributed by atoms with Crippen molar-refractivity contribution in [2.24, 2.45) is 0 Å². The molecule has 144 valence electrons. The fourth-order valence-electron chi connectivity index (χ4n) is 3.22. The second kappa shape index (κ2) is 8.65. The number of nitrogens with one attached hydrogen (secondary N) is 2. The Balaban J connectivity index is 1.53. The molecule has 0 spiro atoms.